The molecule has 0 unspecified atom stereocenters. The Labute approximate surface area is 107 Å². The van der Waals surface area contributed by atoms with E-state index < -0.39 is 0 Å². The molecule has 0 saturated carbocycles. The second-order valence-corrected chi connectivity index (χ2v) is 4.73. The van der Waals surface area contributed by atoms with E-state index in [0.717, 1.165) is 32.1 Å². The number of unbranched alkanes of at least 4 members (excludes halogenated alkanes) is 3. The van der Waals surface area contributed by atoms with Crippen LogP contribution in [0.1, 0.15) is 39.0 Å². The van der Waals surface area contributed by atoms with Crippen LogP contribution < -0.4 is 0 Å². The summed E-state index contributed by atoms with van der Waals surface area (Å²) in [7, 11) is 0. The third kappa shape index (κ3) is 5.04. The van der Waals surface area contributed by atoms with Gasteiger partial charge in [0.25, 0.3) is 0 Å². The summed E-state index contributed by atoms with van der Waals surface area (Å²) < 4.78 is 9.96. The monoisotopic (exact) mass is 258 g/mol. The Morgan fingerprint density at radius 2 is 2.11 bits per heavy atom. The molecule has 1 heterocycles. The summed E-state index contributed by atoms with van der Waals surface area (Å²) in [6.07, 6.45) is 4.51. The van der Waals surface area contributed by atoms with Crippen molar-refractivity contribution in [1.29, 1.82) is 0 Å². The zero-order valence-corrected chi connectivity index (χ0v) is 10.9. The fourth-order valence-electron chi connectivity index (χ4n) is 2.18. The number of carbonyl (C=O) groups is 2. The minimum atomic E-state index is -0.323. The first-order valence-corrected chi connectivity index (χ1v) is 6.56. The minimum absolute atomic E-state index is 0.000702. The van der Waals surface area contributed by atoms with Gasteiger partial charge in [-0.3, -0.25) is 9.59 Å². The number of esters is 2. The van der Waals surface area contributed by atoms with Crippen LogP contribution in [0.25, 0.3) is 0 Å². The van der Waals surface area contributed by atoms with Gasteiger partial charge in [0.1, 0.15) is 0 Å². The summed E-state index contributed by atoms with van der Waals surface area (Å²) in [6, 6.07) is 0. The van der Waals surface area contributed by atoms with E-state index in [2.05, 4.69) is 0 Å². The predicted molar refractivity (Wildman–Crippen MR) is 64.7 cm³/mol. The number of rotatable bonds is 8. The maximum absolute atomic E-state index is 11.5. The zero-order valence-electron chi connectivity index (χ0n) is 10.9. The SMILES string of the molecule is CC(=O)OC[C@H]1COC(=O)[C@@H]1CCCCCCO. The maximum atomic E-state index is 11.5. The van der Waals surface area contributed by atoms with Gasteiger partial charge in [0.15, 0.2) is 0 Å². The van der Waals surface area contributed by atoms with Gasteiger partial charge < -0.3 is 14.6 Å². The van der Waals surface area contributed by atoms with E-state index in [9.17, 15) is 9.59 Å². The first-order chi connectivity index (χ1) is 8.65. The fraction of sp³-hybridized carbons (Fsp3) is 0.846. The Morgan fingerprint density at radius 3 is 2.78 bits per heavy atom. The van der Waals surface area contributed by atoms with Crippen LogP contribution >= 0.6 is 0 Å². The molecule has 0 radical (unpaired) electrons. The summed E-state index contributed by atoms with van der Waals surface area (Å²) in [5, 5.41) is 8.66. The van der Waals surface area contributed by atoms with Gasteiger partial charge in [0.05, 0.1) is 19.1 Å². The average molecular weight is 258 g/mol. The number of aliphatic hydroxyl groups excluding tert-OH is 1. The van der Waals surface area contributed by atoms with Crippen LogP contribution in [-0.4, -0.2) is 36.9 Å². The molecule has 0 amide bonds. The smallest absolute Gasteiger partial charge is 0.309 e. The molecule has 0 aliphatic carbocycles. The van der Waals surface area contributed by atoms with Crippen molar-refractivity contribution in [2.24, 2.45) is 11.8 Å². The summed E-state index contributed by atoms with van der Waals surface area (Å²) in [5.74, 6) is -0.636. The largest absolute Gasteiger partial charge is 0.465 e. The third-order valence-corrected chi connectivity index (χ3v) is 3.24. The Balaban J connectivity index is 2.26. The van der Waals surface area contributed by atoms with Crippen molar-refractivity contribution in [2.45, 2.75) is 39.0 Å². The molecule has 0 spiro atoms. The first kappa shape index (κ1) is 15.0. The predicted octanol–water partition coefficient (Wildman–Crippen LogP) is 1.28. The molecule has 0 bridgehead atoms. The highest BCUT2D eigenvalue weighted by molar-refractivity contribution is 5.74. The van der Waals surface area contributed by atoms with Gasteiger partial charge in [0, 0.05) is 19.4 Å². The maximum Gasteiger partial charge on any atom is 0.309 e. The van der Waals surface area contributed by atoms with E-state index in [4.69, 9.17) is 14.6 Å². The third-order valence-electron chi connectivity index (χ3n) is 3.24. The lowest BCUT2D eigenvalue weighted by Crippen LogP contribution is -2.21. The lowest BCUT2D eigenvalue weighted by molar-refractivity contribution is -0.144. The normalized spacial score (nSPS) is 22.9. The molecule has 18 heavy (non-hydrogen) atoms. The van der Waals surface area contributed by atoms with Gasteiger partial charge in [-0.15, -0.1) is 0 Å². The van der Waals surface area contributed by atoms with Crippen LogP contribution in [0.5, 0.6) is 0 Å². The van der Waals surface area contributed by atoms with Crippen LogP contribution in [0.4, 0.5) is 0 Å². The molecule has 5 nitrogen and oxygen atoms in total. The van der Waals surface area contributed by atoms with Crippen molar-refractivity contribution < 1.29 is 24.2 Å². The van der Waals surface area contributed by atoms with Gasteiger partial charge in [-0.25, -0.2) is 0 Å². The molecule has 1 saturated heterocycles. The summed E-state index contributed by atoms with van der Waals surface area (Å²) in [5.41, 5.74) is 0. The van der Waals surface area contributed by atoms with E-state index in [1.165, 1.54) is 6.92 Å². The highest BCUT2D eigenvalue weighted by Crippen LogP contribution is 2.27. The lowest BCUT2D eigenvalue weighted by atomic mass is 9.90. The van der Waals surface area contributed by atoms with Crippen molar-refractivity contribution in [3.63, 3.8) is 0 Å². The standard InChI is InChI=1S/C13H22O5/c1-10(15)17-8-11-9-18-13(16)12(11)6-4-2-3-5-7-14/h11-12,14H,2-9H2,1H3/t11-,12+/m0/s1. The Kier molecular flexibility index (Phi) is 6.72. The van der Waals surface area contributed by atoms with Gasteiger partial charge in [0.2, 0.25) is 0 Å². The van der Waals surface area contributed by atoms with Gasteiger partial charge in [-0.05, 0) is 12.8 Å². The van der Waals surface area contributed by atoms with Gasteiger partial charge >= 0.3 is 11.9 Å². The van der Waals surface area contributed by atoms with E-state index in [0.29, 0.717) is 6.61 Å². The molecule has 104 valence electrons. The summed E-state index contributed by atoms with van der Waals surface area (Å²) in [4.78, 5) is 22.3. The molecule has 1 aliphatic rings. The average Bonchev–Trinajstić information content (AvgIpc) is 2.68. The number of aliphatic hydroxyl groups is 1. The number of hydrogen-bond donors (Lipinski definition) is 1. The molecule has 5 heteroatoms. The van der Waals surface area contributed by atoms with Gasteiger partial charge in [-0.1, -0.05) is 19.3 Å². The van der Waals surface area contributed by atoms with E-state index in [-0.39, 0.29) is 37.0 Å². The number of hydrogen-bond acceptors (Lipinski definition) is 5. The molecule has 1 fully saturated rings. The quantitative estimate of drug-likeness (QED) is 0.524. The van der Waals surface area contributed by atoms with Crippen molar-refractivity contribution in [1.82, 2.24) is 0 Å². The summed E-state index contributed by atoms with van der Waals surface area (Å²) >= 11 is 0. The molecule has 0 aromatic rings. The topological polar surface area (TPSA) is 72.8 Å². The van der Waals surface area contributed by atoms with Crippen molar-refractivity contribution in [3.8, 4) is 0 Å². The molecule has 2 atom stereocenters. The molecule has 1 rings (SSSR count). The minimum Gasteiger partial charge on any atom is -0.465 e. The second-order valence-electron chi connectivity index (χ2n) is 4.73. The van der Waals surface area contributed by atoms with Crippen molar-refractivity contribution >= 4 is 11.9 Å². The summed E-state index contributed by atoms with van der Waals surface area (Å²) in [6.45, 7) is 2.21. The second kappa shape index (κ2) is 8.08. The molecule has 0 aromatic carbocycles. The van der Waals surface area contributed by atoms with Gasteiger partial charge in [-0.2, -0.15) is 0 Å². The molecule has 1 aliphatic heterocycles. The lowest BCUT2D eigenvalue weighted by Gasteiger charge is -2.14. The highest BCUT2D eigenvalue weighted by Gasteiger charge is 2.36. The van der Waals surface area contributed by atoms with Crippen LogP contribution in [0.3, 0.4) is 0 Å². The Bertz CT molecular complexity index is 277. The van der Waals surface area contributed by atoms with Crippen LogP contribution in [0.15, 0.2) is 0 Å². The number of carbonyl (C=O) groups excluding carboxylic acids is 2. The van der Waals surface area contributed by atoms with E-state index in [1.54, 1.807) is 0 Å². The molecular weight excluding hydrogens is 236 g/mol. The number of cyclic esters (lactones) is 1. The Hall–Kier alpha value is -1.10. The van der Waals surface area contributed by atoms with Crippen molar-refractivity contribution in [2.75, 3.05) is 19.8 Å². The van der Waals surface area contributed by atoms with Crippen LogP contribution in [0.2, 0.25) is 0 Å². The zero-order chi connectivity index (χ0) is 13.4. The van der Waals surface area contributed by atoms with E-state index in [1.807, 2.05) is 0 Å². The fourth-order valence-corrected chi connectivity index (χ4v) is 2.18. The van der Waals surface area contributed by atoms with E-state index >= 15 is 0 Å². The van der Waals surface area contributed by atoms with Crippen LogP contribution in [-0.2, 0) is 19.1 Å². The van der Waals surface area contributed by atoms with Crippen LogP contribution in [0, 0.1) is 11.8 Å². The Morgan fingerprint density at radius 1 is 1.39 bits per heavy atom. The molecular formula is C13H22O5. The first-order valence-electron chi connectivity index (χ1n) is 6.56. The highest BCUT2D eigenvalue weighted by atomic mass is 16.6. The van der Waals surface area contributed by atoms with Crippen molar-refractivity contribution in [3.05, 3.63) is 0 Å². The number of ether oxygens (including phenoxy) is 2. The molecule has 0 aromatic heterocycles. The molecule has 1 N–H and O–H groups in total.